The second kappa shape index (κ2) is 3.83. The molecule has 0 aliphatic carbocycles. The molecule has 15 heavy (non-hydrogen) atoms. The molecule has 0 spiro atoms. The van der Waals surface area contributed by atoms with Crippen molar-refractivity contribution in [3.63, 3.8) is 0 Å². The predicted octanol–water partition coefficient (Wildman–Crippen LogP) is 3.01. The Kier molecular flexibility index (Phi) is 2.67. The van der Waals surface area contributed by atoms with E-state index in [9.17, 15) is 4.39 Å². The number of hydrogen-bond donors (Lipinski definition) is 0. The fourth-order valence-electron chi connectivity index (χ4n) is 1.08. The Morgan fingerprint density at radius 3 is 2.53 bits per heavy atom. The van der Waals surface area contributed by atoms with E-state index in [-0.39, 0.29) is 10.8 Å². The molecule has 0 atom stereocenters. The topological polar surface area (TPSA) is 38.7 Å². The standard InChI is InChI=1S/C9H7ClFN3S/c1-4-3-15-9(12-4)8-13-5(2)6(11)7(10)14-8/h3H,1-2H3. The van der Waals surface area contributed by atoms with Crippen LogP contribution in [0.25, 0.3) is 10.8 Å². The number of aryl methyl sites for hydroxylation is 2. The van der Waals surface area contributed by atoms with Gasteiger partial charge in [-0.2, -0.15) is 0 Å². The average molecular weight is 244 g/mol. The highest BCUT2D eigenvalue weighted by Crippen LogP contribution is 2.23. The van der Waals surface area contributed by atoms with E-state index >= 15 is 0 Å². The van der Waals surface area contributed by atoms with E-state index in [2.05, 4.69) is 15.0 Å². The lowest BCUT2D eigenvalue weighted by atomic mass is 10.4. The van der Waals surface area contributed by atoms with Gasteiger partial charge in [-0.05, 0) is 13.8 Å². The van der Waals surface area contributed by atoms with Crippen molar-refractivity contribution in [1.29, 1.82) is 0 Å². The van der Waals surface area contributed by atoms with Gasteiger partial charge in [0.05, 0.1) is 5.69 Å². The molecule has 0 saturated carbocycles. The lowest BCUT2D eigenvalue weighted by Crippen LogP contribution is -1.97. The fourth-order valence-corrected chi connectivity index (χ4v) is 2.02. The molecule has 78 valence electrons. The predicted molar refractivity (Wildman–Crippen MR) is 57.6 cm³/mol. The second-order valence-electron chi connectivity index (χ2n) is 3.03. The van der Waals surface area contributed by atoms with Gasteiger partial charge in [-0.1, -0.05) is 11.6 Å². The van der Waals surface area contributed by atoms with Gasteiger partial charge in [0.2, 0.25) is 0 Å². The molecule has 0 unspecified atom stereocenters. The Bertz CT molecular complexity index is 489. The average Bonchev–Trinajstić information content (AvgIpc) is 2.60. The van der Waals surface area contributed by atoms with Gasteiger partial charge in [-0.3, -0.25) is 0 Å². The van der Waals surface area contributed by atoms with Crippen molar-refractivity contribution in [2.75, 3.05) is 0 Å². The summed E-state index contributed by atoms with van der Waals surface area (Å²) in [5, 5.41) is 2.37. The van der Waals surface area contributed by atoms with Crippen LogP contribution in [-0.4, -0.2) is 15.0 Å². The van der Waals surface area contributed by atoms with Crippen molar-refractivity contribution in [1.82, 2.24) is 15.0 Å². The molecule has 3 nitrogen and oxygen atoms in total. The van der Waals surface area contributed by atoms with Gasteiger partial charge in [0.1, 0.15) is 0 Å². The molecular weight excluding hydrogens is 237 g/mol. The summed E-state index contributed by atoms with van der Waals surface area (Å²) < 4.78 is 13.2. The molecule has 6 heteroatoms. The van der Waals surface area contributed by atoms with Crippen LogP contribution in [0.2, 0.25) is 5.15 Å². The highest BCUT2D eigenvalue weighted by molar-refractivity contribution is 7.13. The van der Waals surface area contributed by atoms with Crippen LogP contribution in [0.4, 0.5) is 4.39 Å². The maximum Gasteiger partial charge on any atom is 0.190 e. The van der Waals surface area contributed by atoms with E-state index in [0.717, 1.165) is 5.69 Å². The van der Waals surface area contributed by atoms with E-state index in [4.69, 9.17) is 11.6 Å². The molecule has 0 aromatic carbocycles. The summed E-state index contributed by atoms with van der Waals surface area (Å²) in [6, 6.07) is 0. The molecule has 2 heterocycles. The van der Waals surface area contributed by atoms with Crippen molar-refractivity contribution in [3.8, 4) is 10.8 Å². The van der Waals surface area contributed by atoms with Crippen LogP contribution in [0.1, 0.15) is 11.4 Å². The highest BCUT2D eigenvalue weighted by Gasteiger charge is 2.12. The van der Waals surface area contributed by atoms with E-state index in [0.29, 0.717) is 10.8 Å². The van der Waals surface area contributed by atoms with Gasteiger partial charge < -0.3 is 0 Å². The number of hydrogen-bond acceptors (Lipinski definition) is 4. The van der Waals surface area contributed by atoms with Crippen molar-refractivity contribution >= 4 is 22.9 Å². The first-order valence-corrected chi connectivity index (χ1v) is 5.46. The molecule has 0 amide bonds. The summed E-state index contributed by atoms with van der Waals surface area (Å²) in [4.78, 5) is 12.0. The van der Waals surface area contributed by atoms with Gasteiger partial charge >= 0.3 is 0 Å². The van der Waals surface area contributed by atoms with Gasteiger partial charge in [0.25, 0.3) is 0 Å². The Morgan fingerprint density at radius 2 is 2.00 bits per heavy atom. The molecular formula is C9H7ClFN3S. The van der Waals surface area contributed by atoms with Gasteiger partial charge in [-0.25, -0.2) is 19.3 Å². The molecule has 2 aromatic rings. The van der Waals surface area contributed by atoms with Crippen molar-refractivity contribution < 1.29 is 4.39 Å². The first-order valence-electron chi connectivity index (χ1n) is 4.20. The fraction of sp³-hybridized carbons (Fsp3) is 0.222. The first-order chi connectivity index (χ1) is 7.08. The zero-order valence-corrected chi connectivity index (χ0v) is 9.66. The second-order valence-corrected chi connectivity index (χ2v) is 4.25. The van der Waals surface area contributed by atoms with Crippen molar-refractivity contribution in [3.05, 3.63) is 27.7 Å². The normalized spacial score (nSPS) is 10.7. The quantitative estimate of drug-likeness (QED) is 0.723. The molecule has 2 aromatic heterocycles. The third kappa shape index (κ3) is 1.98. The van der Waals surface area contributed by atoms with Crippen LogP contribution in [0.3, 0.4) is 0 Å². The number of rotatable bonds is 1. The van der Waals surface area contributed by atoms with Crippen LogP contribution >= 0.6 is 22.9 Å². The molecule has 0 fully saturated rings. The highest BCUT2D eigenvalue weighted by atomic mass is 35.5. The maximum atomic E-state index is 13.2. The summed E-state index contributed by atoms with van der Waals surface area (Å²) in [5.41, 5.74) is 1.12. The van der Waals surface area contributed by atoms with E-state index < -0.39 is 5.82 Å². The maximum absolute atomic E-state index is 13.2. The van der Waals surface area contributed by atoms with Crippen LogP contribution in [0.5, 0.6) is 0 Å². The molecule has 2 rings (SSSR count). The molecule has 0 aliphatic rings. The van der Waals surface area contributed by atoms with E-state index in [1.54, 1.807) is 6.92 Å². The van der Waals surface area contributed by atoms with E-state index in [1.165, 1.54) is 11.3 Å². The minimum absolute atomic E-state index is 0.162. The summed E-state index contributed by atoms with van der Waals surface area (Å²) >= 11 is 7.04. The molecule has 0 N–H and O–H groups in total. The lowest BCUT2D eigenvalue weighted by molar-refractivity contribution is 0.603. The monoisotopic (exact) mass is 243 g/mol. The van der Waals surface area contributed by atoms with Crippen LogP contribution in [0, 0.1) is 19.7 Å². The van der Waals surface area contributed by atoms with Gasteiger partial charge in [0, 0.05) is 11.1 Å². The summed E-state index contributed by atoms with van der Waals surface area (Å²) in [6.45, 7) is 3.42. The number of halogens is 2. The Hall–Kier alpha value is -1.07. The summed E-state index contributed by atoms with van der Waals surface area (Å²) in [5.74, 6) is -0.203. The minimum atomic E-state index is -0.575. The Morgan fingerprint density at radius 1 is 1.27 bits per heavy atom. The first kappa shape index (κ1) is 10.4. The van der Waals surface area contributed by atoms with Gasteiger partial charge in [0.15, 0.2) is 21.8 Å². The number of aromatic nitrogens is 3. The summed E-state index contributed by atoms with van der Waals surface area (Å²) in [7, 11) is 0. The Balaban J connectivity index is 2.55. The molecule has 0 bridgehead atoms. The SMILES string of the molecule is Cc1csc(-c2nc(C)c(F)c(Cl)n2)n1. The largest absolute Gasteiger partial charge is 0.238 e. The van der Waals surface area contributed by atoms with Crippen molar-refractivity contribution in [2.24, 2.45) is 0 Å². The molecule has 0 saturated heterocycles. The van der Waals surface area contributed by atoms with Crippen molar-refractivity contribution in [2.45, 2.75) is 13.8 Å². The number of nitrogens with zero attached hydrogens (tertiary/aromatic N) is 3. The third-order valence-electron chi connectivity index (χ3n) is 1.79. The smallest absolute Gasteiger partial charge is 0.190 e. The van der Waals surface area contributed by atoms with Crippen LogP contribution in [-0.2, 0) is 0 Å². The third-order valence-corrected chi connectivity index (χ3v) is 2.99. The summed E-state index contributed by atoms with van der Waals surface area (Å²) in [6.07, 6.45) is 0. The number of thiazole rings is 1. The Labute approximate surface area is 95.0 Å². The van der Waals surface area contributed by atoms with Crippen LogP contribution < -0.4 is 0 Å². The van der Waals surface area contributed by atoms with Gasteiger partial charge in [-0.15, -0.1) is 11.3 Å². The molecule has 0 aliphatic heterocycles. The van der Waals surface area contributed by atoms with E-state index in [1.807, 2.05) is 12.3 Å². The minimum Gasteiger partial charge on any atom is -0.238 e. The lowest BCUT2D eigenvalue weighted by Gasteiger charge is -2.00. The van der Waals surface area contributed by atoms with Crippen LogP contribution in [0.15, 0.2) is 5.38 Å². The zero-order valence-electron chi connectivity index (χ0n) is 8.08. The molecule has 0 radical (unpaired) electrons. The zero-order chi connectivity index (χ0) is 11.0.